The van der Waals surface area contributed by atoms with Gasteiger partial charge in [0.1, 0.15) is 55.0 Å². The van der Waals surface area contributed by atoms with Crippen LogP contribution in [0.3, 0.4) is 0 Å². The summed E-state index contributed by atoms with van der Waals surface area (Å²) in [7, 11) is -12.2. The molecule has 4 aromatic rings. The number of piperidine rings is 2. The van der Waals surface area contributed by atoms with Crippen LogP contribution in [0.2, 0.25) is 10.0 Å². The van der Waals surface area contributed by atoms with E-state index in [1.165, 1.54) is 12.1 Å². The van der Waals surface area contributed by atoms with Gasteiger partial charge in [0.05, 0.1) is 35.5 Å². The van der Waals surface area contributed by atoms with E-state index in [0.29, 0.717) is 14.7 Å². The van der Waals surface area contributed by atoms with Crippen molar-refractivity contribution in [1.29, 1.82) is 0 Å². The predicted octanol–water partition coefficient (Wildman–Crippen LogP) is 5.11. The number of sulfonamides is 2. The lowest BCUT2D eigenvalue weighted by Gasteiger charge is -2.35. The Morgan fingerprint density at radius 3 is 1.42 bits per heavy atom. The largest absolute Gasteiger partial charge is 0.507 e. The van der Waals surface area contributed by atoms with Crippen LogP contribution in [-0.2, 0) is 29.9 Å². The highest BCUT2D eigenvalue weighted by atomic mass is 35.5. The molecule has 28 heteroatoms. The molecule has 2 fully saturated rings. The molecule has 2 amide bonds. The van der Waals surface area contributed by atoms with Gasteiger partial charge >= 0.3 is 0 Å². The van der Waals surface area contributed by atoms with Crippen LogP contribution in [0.1, 0.15) is 33.6 Å². The zero-order valence-electron chi connectivity index (χ0n) is 34.3. The molecule has 0 aromatic heterocycles. The van der Waals surface area contributed by atoms with Gasteiger partial charge in [-0.25, -0.2) is 56.0 Å². The average Bonchev–Trinajstić information content (AvgIpc) is 3.22. The van der Waals surface area contributed by atoms with Crippen molar-refractivity contribution < 1.29 is 86.0 Å². The number of aromatic hydroxyl groups is 1. The maximum Gasteiger partial charge on any atom is 0.286 e. The summed E-state index contributed by atoms with van der Waals surface area (Å²) in [6.07, 6.45) is -3.91. The second-order valence-electron chi connectivity index (χ2n) is 14.7. The van der Waals surface area contributed by atoms with Crippen LogP contribution in [0.4, 0.5) is 42.1 Å². The van der Waals surface area contributed by atoms with Crippen LogP contribution in [-0.4, -0.2) is 135 Å². The average molecular weight is 1060 g/mol. The van der Waals surface area contributed by atoms with Crippen LogP contribution >= 0.6 is 23.2 Å². The minimum absolute atomic E-state index is 0.102. The van der Waals surface area contributed by atoms with Gasteiger partial charge < -0.3 is 31.1 Å². The highest BCUT2D eigenvalue weighted by Gasteiger charge is 2.49. The number of carbonyl (C=O) groups is 2. The fourth-order valence-electron chi connectivity index (χ4n) is 5.91. The molecule has 2 aliphatic heterocycles. The molecule has 2 heterocycles. The third-order valence-corrected chi connectivity index (χ3v) is 14.8. The number of aliphatic hydroxyl groups is 3. The molecular formula is C39H39Cl2F7N4O12S3. The molecule has 2 saturated heterocycles. The normalized spacial score (nSPS) is 18.6. The number of aliphatic hydroxyl groups excluding tert-OH is 3. The molecule has 16 nitrogen and oxygen atoms in total. The zero-order valence-corrected chi connectivity index (χ0v) is 38.3. The van der Waals surface area contributed by atoms with Crippen molar-refractivity contribution in [3.8, 4) is 5.75 Å². The number of benzene rings is 4. The SMILES string of the molecule is CS(=O)(=O)CCO.O=C(Nc1ccc(F)c(Cl)c1)c1ccc(F)c(S(=O)(=O)N2CCC(O)C(F)(F)C2)c1.O=C(Nc1ccc(F)c(Cl)c1)c1ccc(O)c(S(=O)(=O)N2CCC(O)C(F)(F)C2)c1. The standard InChI is InChI=1S/C18H15ClF4N2O4S.C18H16ClF3N2O5S.C3H8O3S/c19-12-8-11(2-4-13(12)20)24-17(27)10-1-3-14(21)15(7-10)30(28,29)25-6-5-16(26)18(22,23)9-25;19-12-8-11(2-3-13(12)20)23-17(27)10-1-4-14(25)15(7-10)30(28,29)24-6-5-16(26)18(21,22)9-24;1-7(5,6)3-2-4/h1-4,7-8,16,26H,5-6,9H2,(H,24,27);1-4,7-8,16,25-26H,5-6,9H2,(H,23,27);4H,2-3H2,1H3. The summed E-state index contributed by atoms with van der Waals surface area (Å²) in [5.74, 6) is -12.5. The van der Waals surface area contributed by atoms with Crippen molar-refractivity contribution in [3.05, 3.63) is 111 Å². The van der Waals surface area contributed by atoms with E-state index in [4.69, 9.17) is 28.3 Å². The summed E-state index contributed by atoms with van der Waals surface area (Å²) in [5.41, 5.74) is -0.242. The first kappa shape index (κ1) is 55.0. The molecule has 0 spiro atoms. The number of nitrogens with one attached hydrogen (secondary N) is 2. The summed E-state index contributed by atoms with van der Waals surface area (Å²) in [4.78, 5) is 23.1. The first-order chi connectivity index (χ1) is 30.9. The molecule has 0 radical (unpaired) electrons. The number of hydrogen-bond donors (Lipinski definition) is 6. The van der Waals surface area contributed by atoms with Crippen LogP contribution < -0.4 is 10.6 Å². The maximum absolute atomic E-state index is 14.2. The minimum Gasteiger partial charge on any atom is -0.507 e. The molecule has 4 aromatic carbocycles. The van der Waals surface area contributed by atoms with E-state index in [-0.39, 0.29) is 51.5 Å². The van der Waals surface area contributed by atoms with Crippen molar-refractivity contribution in [2.24, 2.45) is 0 Å². The van der Waals surface area contributed by atoms with E-state index < -0.39 is 131 Å². The van der Waals surface area contributed by atoms with Gasteiger partial charge in [-0.05, 0) is 85.6 Å². The molecule has 0 saturated carbocycles. The van der Waals surface area contributed by atoms with Crippen LogP contribution in [0.5, 0.6) is 5.75 Å². The van der Waals surface area contributed by atoms with Gasteiger partial charge in [-0.1, -0.05) is 23.2 Å². The quantitative estimate of drug-likeness (QED) is 0.114. The number of halogens is 9. The van der Waals surface area contributed by atoms with E-state index in [1.54, 1.807) is 0 Å². The summed E-state index contributed by atoms with van der Waals surface area (Å²) in [5, 5.41) is 40.9. The van der Waals surface area contributed by atoms with Crippen molar-refractivity contribution >= 4 is 76.3 Å². The van der Waals surface area contributed by atoms with Gasteiger partial charge in [0, 0.05) is 41.8 Å². The number of phenols is 1. The number of phenolic OH excluding ortho intramolecular Hbond substituents is 1. The number of nitrogens with zero attached hydrogens (tertiary/aromatic N) is 2. The lowest BCUT2D eigenvalue weighted by Crippen LogP contribution is -2.53. The molecule has 6 rings (SSSR count). The lowest BCUT2D eigenvalue weighted by atomic mass is 10.1. The number of carbonyl (C=O) groups excluding carboxylic acids is 2. The Hall–Kier alpha value is -4.64. The van der Waals surface area contributed by atoms with Gasteiger partial charge in [-0.15, -0.1) is 0 Å². The second kappa shape index (κ2) is 21.8. The Bertz CT molecular complexity index is 2660. The first-order valence-corrected chi connectivity index (χ1v) is 24.7. The number of amides is 2. The Labute approximate surface area is 388 Å². The van der Waals surface area contributed by atoms with Crippen molar-refractivity contribution in [2.75, 3.05) is 55.4 Å². The molecule has 67 heavy (non-hydrogen) atoms. The Balaban J connectivity index is 0.000000256. The molecule has 0 aliphatic carbocycles. The molecule has 2 aliphatic rings. The number of sulfone groups is 1. The van der Waals surface area contributed by atoms with Crippen LogP contribution in [0, 0.1) is 17.5 Å². The van der Waals surface area contributed by atoms with Gasteiger partial charge in [0.25, 0.3) is 23.7 Å². The molecular weight excluding hydrogens is 1020 g/mol. The topological polar surface area (TPSA) is 248 Å². The number of hydrogen-bond acceptors (Lipinski definition) is 12. The second-order valence-corrected chi connectivity index (χ2v) is 21.5. The fourth-order valence-corrected chi connectivity index (χ4v) is 9.73. The Kier molecular flexibility index (Phi) is 17.8. The molecule has 0 bridgehead atoms. The predicted molar refractivity (Wildman–Crippen MR) is 229 cm³/mol. The highest BCUT2D eigenvalue weighted by molar-refractivity contribution is 7.90. The maximum atomic E-state index is 14.2. The van der Waals surface area contributed by atoms with Crippen LogP contribution in [0.25, 0.3) is 0 Å². The van der Waals surface area contributed by atoms with E-state index in [1.807, 2.05) is 0 Å². The number of anilines is 2. The third kappa shape index (κ3) is 14.2. The third-order valence-electron chi connectivity index (χ3n) is 9.52. The molecule has 2 unspecified atom stereocenters. The minimum atomic E-state index is -4.71. The van der Waals surface area contributed by atoms with Gasteiger partial charge in [-0.3, -0.25) is 9.59 Å². The van der Waals surface area contributed by atoms with Gasteiger partial charge in [0.2, 0.25) is 20.0 Å². The lowest BCUT2D eigenvalue weighted by molar-refractivity contribution is -0.136. The molecule has 6 N–H and O–H groups in total. The van der Waals surface area contributed by atoms with E-state index in [2.05, 4.69) is 10.6 Å². The summed E-state index contributed by atoms with van der Waals surface area (Å²) in [6.45, 7) is -3.69. The summed E-state index contributed by atoms with van der Waals surface area (Å²) >= 11 is 11.3. The first-order valence-electron chi connectivity index (χ1n) is 19.0. The monoisotopic (exact) mass is 1050 g/mol. The molecule has 2 atom stereocenters. The van der Waals surface area contributed by atoms with E-state index in [9.17, 15) is 80.9 Å². The van der Waals surface area contributed by atoms with Gasteiger partial charge in [-0.2, -0.15) is 8.61 Å². The van der Waals surface area contributed by atoms with Crippen LogP contribution in [0.15, 0.2) is 82.6 Å². The zero-order chi connectivity index (χ0) is 50.4. The molecule has 368 valence electrons. The van der Waals surface area contributed by atoms with E-state index in [0.717, 1.165) is 60.9 Å². The van der Waals surface area contributed by atoms with E-state index >= 15 is 0 Å². The fraction of sp³-hybridized carbons (Fsp3) is 0.333. The highest BCUT2D eigenvalue weighted by Crippen LogP contribution is 2.35. The smallest absolute Gasteiger partial charge is 0.286 e. The number of alkyl halides is 4. The Morgan fingerprint density at radius 1 is 0.657 bits per heavy atom. The van der Waals surface area contributed by atoms with Crippen molar-refractivity contribution in [2.45, 2.75) is 46.7 Å². The van der Waals surface area contributed by atoms with Crippen molar-refractivity contribution in [1.82, 2.24) is 8.61 Å². The summed E-state index contributed by atoms with van der Waals surface area (Å²) in [6, 6.07) is 12.1. The van der Waals surface area contributed by atoms with Crippen molar-refractivity contribution in [3.63, 3.8) is 0 Å². The number of rotatable bonds is 10. The Morgan fingerprint density at radius 2 is 1.04 bits per heavy atom. The summed E-state index contributed by atoms with van der Waals surface area (Å²) < 4.78 is 168. The van der Waals surface area contributed by atoms with Gasteiger partial charge in [0.15, 0.2) is 0 Å².